The molecule has 0 heterocycles. The first-order valence-electron chi connectivity index (χ1n) is 5.68. The zero-order chi connectivity index (χ0) is 12.3. The molecule has 2 rings (SSSR count). The number of nitrogens with two attached hydrogens (primary N) is 1. The highest BCUT2D eigenvalue weighted by molar-refractivity contribution is 5.79. The molecule has 0 bridgehead atoms. The lowest BCUT2D eigenvalue weighted by Crippen LogP contribution is -1.93. The summed E-state index contributed by atoms with van der Waals surface area (Å²) in [5, 5.41) is 0. The molecule has 0 saturated heterocycles. The first kappa shape index (κ1) is 11.4. The van der Waals surface area contributed by atoms with E-state index >= 15 is 0 Å². The first-order valence-corrected chi connectivity index (χ1v) is 5.68. The van der Waals surface area contributed by atoms with Gasteiger partial charge in [-0.1, -0.05) is 37.3 Å². The molecule has 0 atom stereocenters. The van der Waals surface area contributed by atoms with Crippen LogP contribution in [0.25, 0.3) is 11.1 Å². The Hall–Kier alpha value is -2.09. The molecule has 0 fully saturated rings. The van der Waals surface area contributed by atoms with E-state index in [4.69, 9.17) is 5.73 Å². The van der Waals surface area contributed by atoms with Gasteiger partial charge in [0.15, 0.2) is 0 Å². The van der Waals surface area contributed by atoms with Crippen LogP contribution < -0.4 is 5.73 Å². The number of anilines is 1. The van der Waals surface area contributed by atoms with Gasteiger partial charge in [-0.15, -0.1) is 0 Å². The molecule has 0 aliphatic heterocycles. The van der Waals surface area contributed by atoms with E-state index in [0.29, 0.717) is 5.56 Å². The lowest BCUT2D eigenvalue weighted by atomic mass is 10.00. The molecule has 0 aromatic heterocycles. The summed E-state index contributed by atoms with van der Waals surface area (Å²) in [6, 6.07) is 13.6. The first-order chi connectivity index (χ1) is 8.24. The van der Waals surface area contributed by atoms with Crippen molar-refractivity contribution in [3.63, 3.8) is 0 Å². The highest BCUT2D eigenvalue weighted by Crippen LogP contribution is 2.24. The third kappa shape index (κ3) is 2.36. The summed E-state index contributed by atoms with van der Waals surface area (Å²) < 4.78 is 0. The van der Waals surface area contributed by atoms with Gasteiger partial charge in [-0.3, -0.25) is 4.79 Å². The molecule has 2 aromatic rings. The maximum atomic E-state index is 10.7. The normalized spacial score (nSPS) is 10.2. The van der Waals surface area contributed by atoms with Gasteiger partial charge in [0.2, 0.25) is 0 Å². The average molecular weight is 225 g/mol. The van der Waals surface area contributed by atoms with Gasteiger partial charge in [0.1, 0.15) is 6.29 Å². The third-order valence-electron chi connectivity index (χ3n) is 2.88. The number of benzene rings is 2. The van der Waals surface area contributed by atoms with Crippen molar-refractivity contribution in [1.29, 1.82) is 0 Å². The standard InChI is InChI=1S/C15H15NO/c1-2-12-6-7-14(9-15(12)16)13-5-3-4-11(8-13)10-17/h3-10H,2,16H2,1H3. The molecule has 0 aliphatic carbocycles. The Morgan fingerprint density at radius 2 is 1.88 bits per heavy atom. The molecular formula is C15H15NO. The molecule has 0 saturated carbocycles. The summed E-state index contributed by atoms with van der Waals surface area (Å²) in [4.78, 5) is 10.7. The van der Waals surface area contributed by atoms with E-state index in [2.05, 4.69) is 6.92 Å². The predicted octanol–water partition coefficient (Wildman–Crippen LogP) is 3.31. The maximum absolute atomic E-state index is 10.7. The largest absolute Gasteiger partial charge is 0.398 e. The topological polar surface area (TPSA) is 43.1 Å². The highest BCUT2D eigenvalue weighted by atomic mass is 16.1. The molecule has 0 amide bonds. The van der Waals surface area contributed by atoms with Gasteiger partial charge in [-0.25, -0.2) is 0 Å². The molecular weight excluding hydrogens is 210 g/mol. The van der Waals surface area contributed by atoms with Crippen LogP contribution in [0.1, 0.15) is 22.8 Å². The molecule has 17 heavy (non-hydrogen) atoms. The molecule has 2 aromatic carbocycles. The van der Waals surface area contributed by atoms with Crippen LogP contribution in [0.3, 0.4) is 0 Å². The van der Waals surface area contributed by atoms with E-state index in [0.717, 1.165) is 35.1 Å². The Balaban J connectivity index is 2.45. The monoisotopic (exact) mass is 225 g/mol. The SMILES string of the molecule is CCc1ccc(-c2cccc(C=O)c2)cc1N. The van der Waals surface area contributed by atoms with Crippen LogP contribution in [0.2, 0.25) is 0 Å². The van der Waals surface area contributed by atoms with Crippen LogP contribution in [0.5, 0.6) is 0 Å². The molecule has 0 unspecified atom stereocenters. The van der Waals surface area contributed by atoms with Crippen LogP contribution >= 0.6 is 0 Å². The second kappa shape index (κ2) is 4.83. The van der Waals surface area contributed by atoms with Crippen molar-refractivity contribution < 1.29 is 4.79 Å². The quantitative estimate of drug-likeness (QED) is 0.643. The Kier molecular flexibility index (Phi) is 3.24. The average Bonchev–Trinajstić information content (AvgIpc) is 2.38. The van der Waals surface area contributed by atoms with Crippen LogP contribution in [0.4, 0.5) is 5.69 Å². The van der Waals surface area contributed by atoms with Crippen molar-refractivity contribution in [3.05, 3.63) is 53.6 Å². The van der Waals surface area contributed by atoms with Crippen LogP contribution in [0.15, 0.2) is 42.5 Å². The number of hydrogen-bond donors (Lipinski definition) is 1. The number of aryl methyl sites for hydroxylation is 1. The van der Waals surface area contributed by atoms with Crippen molar-refractivity contribution in [2.24, 2.45) is 0 Å². The van der Waals surface area contributed by atoms with Crippen molar-refractivity contribution in [1.82, 2.24) is 0 Å². The number of rotatable bonds is 3. The van der Waals surface area contributed by atoms with Crippen LogP contribution in [0, 0.1) is 0 Å². The Morgan fingerprint density at radius 3 is 2.53 bits per heavy atom. The fourth-order valence-corrected chi connectivity index (χ4v) is 1.89. The minimum absolute atomic E-state index is 0.681. The number of carbonyl (C=O) groups excluding carboxylic acids is 1. The minimum atomic E-state index is 0.681. The molecule has 2 nitrogen and oxygen atoms in total. The smallest absolute Gasteiger partial charge is 0.150 e. The van der Waals surface area contributed by atoms with Gasteiger partial charge in [-0.05, 0) is 35.2 Å². The Labute approximate surface area is 101 Å². The zero-order valence-electron chi connectivity index (χ0n) is 9.81. The van der Waals surface area contributed by atoms with E-state index in [1.54, 1.807) is 6.07 Å². The number of hydrogen-bond acceptors (Lipinski definition) is 2. The Morgan fingerprint density at radius 1 is 1.12 bits per heavy atom. The van der Waals surface area contributed by atoms with Gasteiger partial charge >= 0.3 is 0 Å². The second-order valence-electron chi connectivity index (χ2n) is 4.01. The summed E-state index contributed by atoms with van der Waals surface area (Å²) in [5.41, 5.74) is 10.7. The minimum Gasteiger partial charge on any atom is -0.398 e. The summed E-state index contributed by atoms with van der Waals surface area (Å²) in [7, 11) is 0. The van der Waals surface area contributed by atoms with Crippen molar-refractivity contribution in [2.75, 3.05) is 5.73 Å². The third-order valence-corrected chi connectivity index (χ3v) is 2.88. The van der Waals surface area contributed by atoms with Crippen LogP contribution in [-0.4, -0.2) is 6.29 Å². The number of carbonyl (C=O) groups is 1. The van der Waals surface area contributed by atoms with Gasteiger partial charge in [-0.2, -0.15) is 0 Å². The van der Waals surface area contributed by atoms with Gasteiger partial charge in [0, 0.05) is 11.3 Å². The van der Waals surface area contributed by atoms with Crippen molar-refractivity contribution in [2.45, 2.75) is 13.3 Å². The van der Waals surface area contributed by atoms with E-state index in [1.807, 2.05) is 36.4 Å². The number of nitrogen functional groups attached to an aromatic ring is 1. The lowest BCUT2D eigenvalue weighted by molar-refractivity contribution is 0.112. The fourth-order valence-electron chi connectivity index (χ4n) is 1.89. The highest BCUT2D eigenvalue weighted by Gasteiger charge is 2.02. The van der Waals surface area contributed by atoms with Crippen molar-refractivity contribution >= 4 is 12.0 Å². The fraction of sp³-hybridized carbons (Fsp3) is 0.133. The Bertz CT molecular complexity index is 546. The van der Waals surface area contributed by atoms with E-state index < -0.39 is 0 Å². The second-order valence-corrected chi connectivity index (χ2v) is 4.01. The molecule has 2 N–H and O–H groups in total. The van der Waals surface area contributed by atoms with Crippen LogP contribution in [-0.2, 0) is 6.42 Å². The summed E-state index contributed by atoms with van der Waals surface area (Å²) >= 11 is 0. The molecule has 0 aliphatic rings. The molecule has 0 spiro atoms. The maximum Gasteiger partial charge on any atom is 0.150 e. The van der Waals surface area contributed by atoms with E-state index in [1.165, 1.54) is 0 Å². The van der Waals surface area contributed by atoms with Gasteiger partial charge in [0.25, 0.3) is 0 Å². The van der Waals surface area contributed by atoms with E-state index in [-0.39, 0.29) is 0 Å². The lowest BCUT2D eigenvalue weighted by Gasteiger charge is -2.07. The van der Waals surface area contributed by atoms with E-state index in [9.17, 15) is 4.79 Å². The summed E-state index contributed by atoms with van der Waals surface area (Å²) in [6.45, 7) is 2.08. The van der Waals surface area contributed by atoms with Gasteiger partial charge in [0.05, 0.1) is 0 Å². The zero-order valence-corrected chi connectivity index (χ0v) is 9.81. The molecule has 0 radical (unpaired) electrons. The molecule has 2 heteroatoms. The number of aldehydes is 1. The van der Waals surface area contributed by atoms with Crippen molar-refractivity contribution in [3.8, 4) is 11.1 Å². The predicted molar refractivity (Wildman–Crippen MR) is 71.1 cm³/mol. The summed E-state index contributed by atoms with van der Waals surface area (Å²) in [6.07, 6.45) is 1.79. The van der Waals surface area contributed by atoms with Gasteiger partial charge < -0.3 is 5.73 Å². The molecule has 86 valence electrons. The summed E-state index contributed by atoms with van der Waals surface area (Å²) in [5.74, 6) is 0.